The number of hydrogen-bond donors (Lipinski definition) is 3. The number of methoxy groups -OCH3 is 1. The first-order chi connectivity index (χ1) is 11.1. The smallest absolute Gasteiger partial charge is 0.256 e. The second-order valence-electron chi connectivity index (χ2n) is 6.39. The average Bonchev–Trinajstić information content (AvgIpc) is 2.54. The van der Waals surface area contributed by atoms with Crippen LogP contribution in [0.25, 0.3) is 11.3 Å². The molecule has 120 valence electrons. The summed E-state index contributed by atoms with van der Waals surface area (Å²) in [7, 11) is 1.68. The molecule has 2 aromatic rings. The van der Waals surface area contributed by atoms with Gasteiger partial charge in [0.05, 0.1) is 12.8 Å². The van der Waals surface area contributed by atoms with E-state index in [0.717, 1.165) is 54.9 Å². The van der Waals surface area contributed by atoms with Crippen LogP contribution in [-0.2, 0) is 11.8 Å². The van der Waals surface area contributed by atoms with Gasteiger partial charge in [0.15, 0.2) is 4.77 Å². The molecule has 1 aliphatic heterocycles. The Labute approximate surface area is 139 Å². The van der Waals surface area contributed by atoms with Gasteiger partial charge in [0.2, 0.25) is 0 Å². The lowest BCUT2D eigenvalue weighted by Gasteiger charge is -2.42. The fraction of sp³-hybridized carbons (Fsp3) is 0.412. The van der Waals surface area contributed by atoms with Crippen LogP contribution in [0.3, 0.4) is 0 Å². The van der Waals surface area contributed by atoms with Crippen molar-refractivity contribution in [2.75, 3.05) is 20.2 Å². The summed E-state index contributed by atoms with van der Waals surface area (Å²) in [6.45, 7) is 1.85. The quantitative estimate of drug-likeness (QED) is 0.702. The number of rotatable bonds is 1. The Bertz CT molecular complexity index is 878. The fourth-order valence-electron chi connectivity index (χ4n) is 4.07. The number of hydrogen-bond acceptors (Lipinski definition) is 4. The Hall–Kier alpha value is -1.92. The van der Waals surface area contributed by atoms with Gasteiger partial charge in [-0.15, -0.1) is 0 Å². The van der Waals surface area contributed by atoms with E-state index in [-0.39, 0.29) is 11.0 Å². The molecule has 23 heavy (non-hydrogen) atoms. The Kier molecular flexibility index (Phi) is 3.39. The second-order valence-corrected chi connectivity index (χ2v) is 6.80. The zero-order chi connectivity index (χ0) is 16.0. The van der Waals surface area contributed by atoms with Crippen molar-refractivity contribution in [1.29, 1.82) is 0 Å². The summed E-state index contributed by atoms with van der Waals surface area (Å²) in [5.74, 6) is 0.847. The highest BCUT2D eigenvalue weighted by Crippen LogP contribution is 2.45. The van der Waals surface area contributed by atoms with Crippen molar-refractivity contribution in [3.05, 3.63) is 44.5 Å². The minimum absolute atomic E-state index is 0.0490. The van der Waals surface area contributed by atoms with Crippen molar-refractivity contribution in [3.8, 4) is 17.0 Å². The number of fused-ring (bicyclic) bond motifs is 4. The molecule has 1 spiro atoms. The number of aromatic nitrogens is 2. The first kappa shape index (κ1) is 14.7. The van der Waals surface area contributed by atoms with Crippen molar-refractivity contribution in [1.82, 2.24) is 15.3 Å². The number of piperidine rings is 1. The predicted octanol–water partition coefficient (Wildman–Crippen LogP) is 2.29. The molecule has 0 unspecified atom stereocenters. The molecule has 1 fully saturated rings. The molecule has 4 rings (SSSR count). The van der Waals surface area contributed by atoms with Gasteiger partial charge in [0.25, 0.3) is 5.56 Å². The molecule has 0 amide bonds. The van der Waals surface area contributed by atoms with Crippen molar-refractivity contribution in [3.63, 3.8) is 0 Å². The van der Waals surface area contributed by atoms with Gasteiger partial charge < -0.3 is 15.0 Å². The third kappa shape index (κ3) is 2.24. The van der Waals surface area contributed by atoms with Crippen LogP contribution in [0.5, 0.6) is 5.75 Å². The van der Waals surface area contributed by atoms with E-state index >= 15 is 0 Å². The van der Waals surface area contributed by atoms with Gasteiger partial charge in [0.1, 0.15) is 5.75 Å². The summed E-state index contributed by atoms with van der Waals surface area (Å²) in [5, 5.41) is 3.40. The van der Waals surface area contributed by atoms with E-state index in [1.807, 2.05) is 12.1 Å². The van der Waals surface area contributed by atoms with Gasteiger partial charge in [-0.2, -0.15) is 0 Å². The van der Waals surface area contributed by atoms with Gasteiger partial charge in [-0.25, -0.2) is 0 Å². The number of H-pyrrole nitrogens is 2. The molecule has 1 saturated heterocycles. The van der Waals surface area contributed by atoms with Crippen molar-refractivity contribution in [2.24, 2.45) is 0 Å². The maximum atomic E-state index is 12.7. The standard InChI is InChI=1S/C17H19N3O2S/c1-22-11-2-3-12-10(8-11)9-17(4-6-18-7-5-17)13-14(12)19-16(23)20-15(13)21/h2-3,8,18H,4-7,9H2,1H3,(H2,19,20,21,23). The lowest BCUT2D eigenvalue weighted by molar-refractivity contribution is 0.299. The van der Waals surface area contributed by atoms with Crippen molar-refractivity contribution in [2.45, 2.75) is 24.7 Å². The van der Waals surface area contributed by atoms with E-state index < -0.39 is 0 Å². The predicted molar refractivity (Wildman–Crippen MR) is 91.7 cm³/mol. The van der Waals surface area contributed by atoms with Crippen LogP contribution in [0.1, 0.15) is 24.0 Å². The normalized spacial score (nSPS) is 18.3. The van der Waals surface area contributed by atoms with E-state index in [0.29, 0.717) is 4.77 Å². The van der Waals surface area contributed by atoms with Gasteiger partial charge in [-0.3, -0.25) is 9.78 Å². The first-order valence-electron chi connectivity index (χ1n) is 7.88. The van der Waals surface area contributed by atoms with E-state index in [1.54, 1.807) is 7.11 Å². The number of benzene rings is 1. The zero-order valence-corrected chi connectivity index (χ0v) is 13.8. The molecule has 2 aliphatic rings. The first-order valence-corrected chi connectivity index (χ1v) is 8.29. The molecular formula is C17H19N3O2S. The number of nitrogens with one attached hydrogen (secondary N) is 3. The van der Waals surface area contributed by atoms with Gasteiger partial charge in [-0.1, -0.05) is 0 Å². The highest BCUT2D eigenvalue weighted by Gasteiger charge is 2.42. The molecule has 3 N–H and O–H groups in total. The average molecular weight is 329 g/mol. The molecular weight excluding hydrogens is 310 g/mol. The summed E-state index contributed by atoms with van der Waals surface area (Å²) < 4.78 is 5.76. The van der Waals surface area contributed by atoms with E-state index in [4.69, 9.17) is 17.0 Å². The van der Waals surface area contributed by atoms with Crippen LogP contribution in [0.15, 0.2) is 23.0 Å². The molecule has 1 aliphatic carbocycles. The highest BCUT2D eigenvalue weighted by molar-refractivity contribution is 7.71. The number of ether oxygens (including phenoxy) is 1. The lowest BCUT2D eigenvalue weighted by atomic mass is 9.65. The molecule has 5 nitrogen and oxygen atoms in total. The molecule has 0 atom stereocenters. The third-order valence-electron chi connectivity index (χ3n) is 5.14. The molecule has 6 heteroatoms. The molecule has 0 radical (unpaired) electrons. The van der Waals surface area contributed by atoms with Crippen LogP contribution in [-0.4, -0.2) is 30.2 Å². The Morgan fingerprint density at radius 3 is 2.74 bits per heavy atom. The molecule has 2 heterocycles. The maximum absolute atomic E-state index is 12.7. The van der Waals surface area contributed by atoms with E-state index in [1.165, 1.54) is 5.56 Å². The largest absolute Gasteiger partial charge is 0.497 e. The lowest BCUT2D eigenvalue weighted by Crippen LogP contribution is -2.46. The van der Waals surface area contributed by atoms with Gasteiger partial charge >= 0.3 is 0 Å². The SMILES string of the molecule is COc1ccc2c(c1)CC1(CCNCC1)c1c-2[nH]c(=S)[nH]c1=O. The molecule has 0 saturated carbocycles. The van der Waals surface area contributed by atoms with Crippen LogP contribution in [0, 0.1) is 4.77 Å². The molecule has 1 aromatic carbocycles. The summed E-state index contributed by atoms with van der Waals surface area (Å²) in [5.41, 5.74) is 3.84. The molecule has 0 bridgehead atoms. The van der Waals surface area contributed by atoms with Crippen LogP contribution in [0.4, 0.5) is 0 Å². The van der Waals surface area contributed by atoms with Crippen LogP contribution < -0.4 is 15.6 Å². The number of aromatic amines is 2. The summed E-state index contributed by atoms with van der Waals surface area (Å²) in [4.78, 5) is 18.7. The monoisotopic (exact) mass is 329 g/mol. The van der Waals surface area contributed by atoms with Crippen LogP contribution >= 0.6 is 12.2 Å². The van der Waals surface area contributed by atoms with Crippen LogP contribution in [0.2, 0.25) is 0 Å². The van der Waals surface area contributed by atoms with E-state index in [9.17, 15) is 4.79 Å². The topological polar surface area (TPSA) is 69.9 Å². The highest BCUT2D eigenvalue weighted by atomic mass is 32.1. The Morgan fingerprint density at radius 1 is 1.22 bits per heavy atom. The second kappa shape index (κ2) is 5.32. The zero-order valence-electron chi connectivity index (χ0n) is 13.0. The van der Waals surface area contributed by atoms with Crippen molar-refractivity contribution < 1.29 is 4.74 Å². The van der Waals surface area contributed by atoms with Gasteiger partial charge in [-0.05, 0) is 68.3 Å². The molecule has 1 aromatic heterocycles. The third-order valence-corrected chi connectivity index (χ3v) is 5.35. The van der Waals surface area contributed by atoms with Gasteiger partial charge in [0, 0.05) is 16.5 Å². The summed E-state index contributed by atoms with van der Waals surface area (Å²) in [6.07, 6.45) is 2.76. The summed E-state index contributed by atoms with van der Waals surface area (Å²) >= 11 is 5.20. The summed E-state index contributed by atoms with van der Waals surface area (Å²) in [6, 6.07) is 6.03. The Morgan fingerprint density at radius 2 is 2.00 bits per heavy atom. The minimum Gasteiger partial charge on any atom is -0.497 e. The fourth-order valence-corrected chi connectivity index (χ4v) is 4.26. The van der Waals surface area contributed by atoms with E-state index in [2.05, 4.69) is 21.4 Å². The minimum atomic E-state index is -0.132. The van der Waals surface area contributed by atoms with Crippen molar-refractivity contribution >= 4 is 12.2 Å². The maximum Gasteiger partial charge on any atom is 0.256 e. The Balaban J connectivity index is 2.02.